The zero-order valence-electron chi connectivity index (χ0n) is 14.4. The first kappa shape index (κ1) is 18.5. The van der Waals surface area contributed by atoms with Crippen LogP contribution in [0.15, 0.2) is 18.2 Å². The van der Waals surface area contributed by atoms with Crippen molar-refractivity contribution >= 4 is 35.2 Å². The van der Waals surface area contributed by atoms with Gasteiger partial charge in [-0.05, 0) is 18.6 Å². The Morgan fingerprint density at radius 3 is 2.70 bits per heavy atom. The molecule has 2 aliphatic rings. The van der Waals surface area contributed by atoms with Crippen molar-refractivity contribution in [1.29, 1.82) is 0 Å². The minimum atomic E-state index is -1.03. The molecule has 0 radical (unpaired) electrons. The molecule has 1 aromatic carbocycles. The van der Waals surface area contributed by atoms with Crippen molar-refractivity contribution in [3.63, 3.8) is 0 Å². The van der Waals surface area contributed by atoms with Gasteiger partial charge in [-0.25, -0.2) is 0 Å². The number of benzene rings is 1. The van der Waals surface area contributed by atoms with Crippen LogP contribution in [0.4, 0.5) is 5.69 Å². The van der Waals surface area contributed by atoms with Gasteiger partial charge in [-0.1, -0.05) is 6.07 Å². The van der Waals surface area contributed by atoms with E-state index in [2.05, 4.69) is 16.0 Å². The summed E-state index contributed by atoms with van der Waals surface area (Å²) in [6.45, 7) is 0.533. The van der Waals surface area contributed by atoms with Crippen molar-refractivity contribution in [2.45, 2.75) is 18.9 Å². The molecule has 1 unspecified atom stereocenters. The van der Waals surface area contributed by atoms with Gasteiger partial charge in [0, 0.05) is 25.2 Å². The highest BCUT2D eigenvalue weighted by Gasteiger charge is 2.45. The third-order valence-electron chi connectivity index (χ3n) is 4.37. The van der Waals surface area contributed by atoms with E-state index >= 15 is 0 Å². The van der Waals surface area contributed by atoms with Gasteiger partial charge in [0.05, 0.1) is 17.7 Å². The molecule has 5 amide bonds. The first-order valence-electron chi connectivity index (χ1n) is 8.49. The van der Waals surface area contributed by atoms with Gasteiger partial charge in [-0.15, -0.1) is 0 Å². The van der Waals surface area contributed by atoms with Gasteiger partial charge in [0.1, 0.15) is 6.04 Å². The van der Waals surface area contributed by atoms with Gasteiger partial charge in [0.2, 0.25) is 17.7 Å². The number of carbonyl (C=O) groups excluding carboxylic acids is 5. The molecule has 1 fully saturated rings. The Morgan fingerprint density at radius 2 is 2.00 bits per heavy atom. The molecule has 5 N–H and O–H groups in total. The van der Waals surface area contributed by atoms with Gasteiger partial charge in [-0.2, -0.15) is 0 Å². The minimum Gasteiger partial charge on any atom is -0.375 e. The van der Waals surface area contributed by atoms with E-state index in [-0.39, 0.29) is 36.4 Å². The SMILES string of the molecule is NCCNC(=O)CNc1cccc2c1C(=O)N(C1CCC(=O)NC1=O)C2=O. The quantitative estimate of drug-likeness (QED) is 0.447. The van der Waals surface area contributed by atoms with E-state index in [4.69, 9.17) is 5.73 Å². The third-order valence-corrected chi connectivity index (χ3v) is 4.37. The molecule has 1 atom stereocenters. The Kier molecular flexibility index (Phi) is 5.17. The van der Waals surface area contributed by atoms with Crippen molar-refractivity contribution in [2.75, 3.05) is 25.0 Å². The smallest absolute Gasteiger partial charge is 0.264 e. The van der Waals surface area contributed by atoms with E-state index < -0.39 is 29.7 Å². The monoisotopic (exact) mass is 373 g/mol. The lowest BCUT2D eigenvalue weighted by molar-refractivity contribution is -0.136. The number of rotatable bonds is 6. The maximum Gasteiger partial charge on any atom is 0.264 e. The molecule has 10 nitrogen and oxygen atoms in total. The molecule has 2 heterocycles. The van der Waals surface area contributed by atoms with Crippen LogP contribution in [0, 0.1) is 0 Å². The molecule has 27 heavy (non-hydrogen) atoms. The van der Waals surface area contributed by atoms with Crippen LogP contribution in [0.5, 0.6) is 0 Å². The first-order valence-corrected chi connectivity index (χ1v) is 8.49. The zero-order chi connectivity index (χ0) is 19.6. The van der Waals surface area contributed by atoms with Gasteiger partial charge < -0.3 is 16.4 Å². The van der Waals surface area contributed by atoms with Crippen LogP contribution >= 0.6 is 0 Å². The minimum absolute atomic E-state index is 0.0518. The lowest BCUT2D eigenvalue weighted by atomic mass is 10.0. The predicted molar refractivity (Wildman–Crippen MR) is 93.7 cm³/mol. The number of hydrogen-bond acceptors (Lipinski definition) is 7. The molecule has 0 bridgehead atoms. The number of nitrogens with zero attached hydrogens (tertiary/aromatic N) is 1. The highest BCUT2D eigenvalue weighted by molar-refractivity contribution is 6.25. The Morgan fingerprint density at radius 1 is 1.22 bits per heavy atom. The largest absolute Gasteiger partial charge is 0.375 e. The predicted octanol–water partition coefficient (Wildman–Crippen LogP) is -1.43. The van der Waals surface area contributed by atoms with Crippen LogP contribution in [-0.4, -0.2) is 60.1 Å². The Balaban J connectivity index is 1.81. The fourth-order valence-corrected chi connectivity index (χ4v) is 3.11. The summed E-state index contributed by atoms with van der Waals surface area (Å²) in [5, 5.41) is 7.57. The van der Waals surface area contributed by atoms with Crippen molar-refractivity contribution in [3.05, 3.63) is 29.3 Å². The number of fused-ring (bicyclic) bond motifs is 1. The lowest BCUT2D eigenvalue weighted by Crippen LogP contribution is -2.54. The van der Waals surface area contributed by atoms with E-state index in [0.717, 1.165) is 4.90 Å². The number of hydrogen-bond donors (Lipinski definition) is 4. The molecule has 142 valence electrons. The fourth-order valence-electron chi connectivity index (χ4n) is 3.11. The molecule has 1 aromatic rings. The topological polar surface area (TPSA) is 151 Å². The summed E-state index contributed by atoms with van der Waals surface area (Å²) in [5.41, 5.74) is 5.90. The number of imide groups is 2. The van der Waals surface area contributed by atoms with Gasteiger partial charge in [0.25, 0.3) is 11.8 Å². The van der Waals surface area contributed by atoms with Crippen molar-refractivity contribution in [1.82, 2.24) is 15.5 Å². The molecule has 0 spiro atoms. The van der Waals surface area contributed by atoms with E-state index in [0.29, 0.717) is 18.8 Å². The van der Waals surface area contributed by atoms with E-state index in [1.54, 1.807) is 12.1 Å². The summed E-state index contributed by atoms with van der Waals surface area (Å²) in [5.74, 6) is -2.64. The van der Waals surface area contributed by atoms with Crippen LogP contribution in [0.3, 0.4) is 0 Å². The summed E-state index contributed by atoms with van der Waals surface area (Å²) >= 11 is 0. The number of nitrogens with two attached hydrogens (primary N) is 1. The van der Waals surface area contributed by atoms with E-state index in [1.807, 2.05) is 0 Å². The van der Waals surface area contributed by atoms with Crippen molar-refractivity contribution < 1.29 is 24.0 Å². The first-order chi connectivity index (χ1) is 12.9. The second-order valence-corrected chi connectivity index (χ2v) is 6.17. The molecule has 0 aliphatic carbocycles. The Hall–Kier alpha value is -3.27. The molecule has 3 rings (SSSR count). The molecule has 0 saturated carbocycles. The van der Waals surface area contributed by atoms with Gasteiger partial charge in [0.15, 0.2) is 0 Å². The van der Waals surface area contributed by atoms with Gasteiger partial charge in [-0.3, -0.25) is 34.2 Å². The molecular weight excluding hydrogens is 354 g/mol. The highest BCUT2D eigenvalue weighted by Crippen LogP contribution is 2.32. The highest BCUT2D eigenvalue weighted by atomic mass is 16.2. The Labute approximate surface area is 154 Å². The lowest BCUT2D eigenvalue weighted by Gasteiger charge is -2.27. The fraction of sp³-hybridized carbons (Fsp3) is 0.353. The summed E-state index contributed by atoms with van der Waals surface area (Å²) in [4.78, 5) is 61.5. The van der Waals surface area contributed by atoms with Crippen molar-refractivity contribution in [2.24, 2.45) is 5.73 Å². The number of nitrogens with one attached hydrogen (secondary N) is 3. The number of amides is 5. The normalized spacial score (nSPS) is 19.0. The summed E-state index contributed by atoms with van der Waals surface area (Å²) in [6.07, 6.45) is 0.136. The van der Waals surface area contributed by atoms with Crippen LogP contribution in [0.25, 0.3) is 0 Å². The number of anilines is 1. The second-order valence-electron chi connectivity index (χ2n) is 6.17. The molecule has 2 aliphatic heterocycles. The summed E-state index contributed by atoms with van der Waals surface area (Å²) < 4.78 is 0. The number of piperidine rings is 1. The van der Waals surface area contributed by atoms with Crippen LogP contribution in [0.2, 0.25) is 0 Å². The maximum absolute atomic E-state index is 12.9. The Bertz CT molecular complexity index is 837. The van der Waals surface area contributed by atoms with E-state index in [9.17, 15) is 24.0 Å². The third kappa shape index (κ3) is 3.51. The molecule has 10 heteroatoms. The van der Waals surface area contributed by atoms with E-state index in [1.165, 1.54) is 6.07 Å². The zero-order valence-corrected chi connectivity index (χ0v) is 14.4. The van der Waals surface area contributed by atoms with Gasteiger partial charge >= 0.3 is 0 Å². The van der Waals surface area contributed by atoms with Crippen LogP contribution in [0.1, 0.15) is 33.6 Å². The van der Waals surface area contributed by atoms with Crippen LogP contribution < -0.4 is 21.7 Å². The molecule has 0 aromatic heterocycles. The summed E-state index contributed by atoms with van der Waals surface area (Å²) in [6, 6.07) is 3.61. The second kappa shape index (κ2) is 7.54. The molecular formula is C17H19N5O5. The molecule has 1 saturated heterocycles. The van der Waals surface area contributed by atoms with Crippen molar-refractivity contribution in [3.8, 4) is 0 Å². The van der Waals surface area contributed by atoms with Crippen LogP contribution in [-0.2, 0) is 14.4 Å². The standard InChI is InChI=1S/C17H19N5O5/c18-6-7-19-13(24)8-20-10-3-1-2-9-14(10)17(27)22(16(9)26)11-4-5-12(23)21-15(11)25/h1-3,11,20H,4-8,18H2,(H,19,24)(H,21,23,25). The maximum atomic E-state index is 12.9. The summed E-state index contributed by atoms with van der Waals surface area (Å²) in [7, 11) is 0. The average Bonchev–Trinajstić information content (AvgIpc) is 2.90. The number of carbonyl (C=O) groups is 5. The average molecular weight is 373 g/mol.